The number of nitrogens with zero attached hydrogens (tertiary/aromatic N) is 5. The first-order valence-corrected chi connectivity index (χ1v) is 9.12. The Morgan fingerprint density at radius 2 is 1.60 bits per heavy atom. The van der Waals surface area contributed by atoms with Gasteiger partial charge in [0.05, 0.1) is 5.69 Å². The summed E-state index contributed by atoms with van der Waals surface area (Å²) in [6, 6.07) is 9.90. The van der Waals surface area contributed by atoms with Gasteiger partial charge in [-0.2, -0.15) is 0 Å². The summed E-state index contributed by atoms with van der Waals surface area (Å²) in [5, 5.41) is 0.429. The Labute approximate surface area is 153 Å². The van der Waals surface area contributed by atoms with Crippen LogP contribution in [-0.2, 0) is 0 Å². The minimum Gasteiger partial charge on any atom is -0.354 e. The lowest BCUT2D eigenvalue weighted by atomic mass is 10.2. The third-order valence-electron chi connectivity index (χ3n) is 4.08. The van der Waals surface area contributed by atoms with E-state index in [1.54, 1.807) is 0 Å². The molecule has 0 unspecified atom stereocenters. The van der Waals surface area contributed by atoms with E-state index in [0.29, 0.717) is 22.1 Å². The SMILES string of the molecule is CC.Cc1nc(-c2ccccc2)nc2nc(N3CCCC3)c(Cl)nc12. The van der Waals surface area contributed by atoms with Crippen LogP contribution < -0.4 is 4.90 Å². The summed E-state index contributed by atoms with van der Waals surface area (Å²) in [4.78, 5) is 20.5. The van der Waals surface area contributed by atoms with Gasteiger partial charge in [0.1, 0.15) is 5.52 Å². The Balaban J connectivity index is 0.000000880. The van der Waals surface area contributed by atoms with Crippen LogP contribution in [0.1, 0.15) is 32.4 Å². The molecule has 0 bridgehead atoms. The summed E-state index contributed by atoms with van der Waals surface area (Å²) < 4.78 is 0. The van der Waals surface area contributed by atoms with Gasteiger partial charge in [0, 0.05) is 18.7 Å². The lowest BCUT2D eigenvalue weighted by Crippen LogP contribution is -2.20. The van der Waals surface area contributed by atoms with E-state index in [0.717, 1.165) is 43.0 Å². The van der Waals surface area contributed by atoms with Gasteiger partial charge in [-0.25, -0.2) is 19.9 Å². The molecule has 0 N–H and O–H groups in total. The van der Waals surface area contributed by atoms with Gasteiger partial charge in [0.25, 0.3) is 0 Å². The molecule has 1 aliphatic rings. The summed E-state index contributed by atoms with van der Waals surface area (Å²) in [5.41, 5.74) is 3.02. The highest BCUT2D eigenvalue weighted by Crippen LogP contribution is 2.28. The molecule has 0 atom stereocenters. The smallest absolute Gasteiger partial charge is 0.184 e. The molecule has 5 nitrogen and oxygen atoms in total. The Bertz CT molecular complexity index is 861. The lowest BCUT2D eigenvalue weighted by Gasteiger charge is -2.17. The quantitative estimate of drug-likeness (QED) is 0.668. The molecule has 2 aromatic heterocycles. The molecule has 0 spiro atoms. The molecule has 1 fully saturated rings. The van der Waals surface area contributed by atoms with E-state index >= 15 is 0 Å². The summed E-state index contributed by atoms with van der Waals surface area (Å²) in [6.45, 7) is 7.85. The third-order valence-corrected chi connectivity index (χ3v) is 4.34. The molecular formula is C19H22ClN5. The minimum absolute atomic E-state index is 0.429. The average Bonchev–Trinajstić information content (AvgIpc) is 3.18. The number of anilines is 1. The topological polar surface area (TPSA) is 54.8 Å². The minimum atomic E-state index is 0.429. The van der Waals surface area contributed by atoms with E-state index < -0.39 is 0 Å². The molecule has 0 amide bonds. The lowest BCUT2D eigenvalue weighted by molar-refractivity contribution is 0.931. The first kappa shape index (κ1) is 17.5. The Morgan fingerprint density at radius 1 is 0.920 bits per heavy atom. The van der Waals surface area contributed by atoms with E-state index in [1.807, 2.05) is 51.1 Å². The number of hydrogen-bond acceptors (Lipinski definition) is 5. The fourth-order valence-corrected chi connectivity index (χ4v) is 3.15. The van der Waals surface area contributed by atoms with Gasteiger partial charge in [0.15, 0.2) is 22.4 Å². The highest BCUT2D eigenvalue weighted by molar-refractivity contribution is 6.32. The second-order valence-electron chi connectivity index (χ2n) is 5.70. The molecule has 3 heterocycles. The van der Waals surface area contributed by atoms with Crippen molar-refractivity contribution in [2.75, 3.05) is 18.0 Å². The molecule has 3 aromatic rings. The van der Waals surface area contributed by atoms with Crippen molar-refractivity contribution in [3.8, 4) is 11.4 Å². The predicted molar refractivity (Wildman–Crippen MR) is 103 cm³/mol. The first-order chi connectivity index (χ1) is 12.2. The predicted octanol–water partition coefficient (Wildman–Crippen LogP) is 4.68. The van der Waals surface area contributed by atoms with Crippen molar-refractivity contribution in [1.29, 1.82) is 0 Å². The second kappa shape index (κ2) is 7.74. The average molecular weight is 356 g/mol. The van der Waals surface area contributed by atoms with Crippen LogP contribution in [0.5, 0.6) is 0 Å². The van der Waals surface area contributed by atoms with E-state index in [-0.39, 0.29) is 0 Å². The standard InChI is InChI=1S/C17H16ClN5.C2H6/c1-11-13-16(21-15(19-11)12-7-3-2-4-8-12)22-17(14(18)20-13)23-9-5-6-10-23;1-2/h2-4,7-8H,5-6,9-10H2,1H3;1-2H3. The van der Waals surface area contributed by atoms with Crippen LogP contribution in [-0.4, -0.2) is 33.0 Å². The molecule has 1 saturated heterocycles. The van der Waals surface area contributed by atoms with E-state index in [1.165, 1.54) is 0 Å². The van der Waals surface area contributed by atoms with Crippen molar-refractivity contribution >= 4 is 28.6 Å². The molecule has 25 heavy (non-hydrogen) atoms. The zero-order chi connectivity index (χ0) is 17.8. The number of rotatable bonds is 2. The molecule has 130 valence electrons. The molecule has 4 rings (SSSR count). The van der Waals surface area contributed by atoms with Crippen LogP contribution in [0.4, 0.5) is 5.82 Å². The molecule has 0 saturated carbocycles. The summed E-state index contributed by atoms with van der Waals surface area (Å²) in [5.74, 6) is 1.40. The van der Waals surface area contributed by atoms with Gasteiger partial charge in [-0.3, -0.25) is 0 Å². The highest BCUT2D eigenvalue weighted by Gasteiger charge is 2.20. The Morgan fingerprint density at radius 3 is 2.28 bits per heavy atom. The van der Waals surface area contributed by atoms with Gasteiger partial charge in [-0.1, -0.05) is 55.8 Å². The molecule has 1 aliphatic heterocycles. The zero-order valence-electron chi connectivity index (χ0n) is 14.8. The number of aryl methyl sites for hydroxylation is 1. The molecule has 0 radical (unpaired) electrons. The van der Waals surface area contributed by atoms with Gasteiger partial charge in [-0.05, 0) is 19.8 Å². The zero-order valence-corrected chi connectivity index (χ0v) is 15.6. The Kier molecular flexibility index (Phi) is 5.43. The van der Waals surface area contributed by atoms with Gasteiger partial charge in [-0.15, -0.1) is 0 Å². The Hall–Kier alpha value is -2.27. The van der Waals surface area contributed by atoms with Crippen LogP contribution >= 0.6 is 11.6 Å². The van der Waals surface area contributed by atoms with Crippen molar-refractivity contribution in [3.05, 3.63) is 41.2 Å². The fraction of sp³-hybridized carbons (Fsp3) is 0.368. The summed E-state index contributed by atoms with van der Waals surface area (Å²) >= 11 is 6.34. The number of fused-ring (bicyclic) bond motifs is 1. The third kappa shape index (κ3) is 3.56. The fourth-order valence-electron chi connectivity index (χ4n) is 2.90. The van der Waals surface area contributed by atoms with Crippen molar-refractivity contribution in [1.82, 2.24) is 19.9 Å². The maximum atomic E-state index is 6.34. The first-order valence-electron chi connectivity index (χ1n) is 8.74. The largest absolute Gasteiger partial charge is 0.354 e. The highest BCUT2D eigenvalue weighted by atomic mass is 35.5. The normalized spacial score (nSPS) is 13.7. The summed E-state index contributed by atoms with van der Waals surface area (Å²) in [7, 11) is 0. The number of hydrogen-bond donors (Lipinski definition) is 0. The van der Waals surface area contributed by atoms with Crippen LogP contribution in [0.3, 0.4) is 0 Å². The molecule has 0 aliphatic carbocycles. The molecule has 1 aromatic carbocycles. The van der Waals surface area contributed by atoms with Crippen LogP contribution in [0.25, 0.3) is 22.6 Å². The van der Waals surface area contributed by atoms with Crippen LogP contribution in [0.2, 0.25) is 5.15 Å². The number of aromatic nitrogens is 4. The van der Waals surface area contributed by atoms with E-state index in [9.17, 15) is 0 Å². The monoisotopic (exact) mass is 355 g/mol. The van der Waals surface area contributed by atoms with Crippen molar-refractivity contribution < 1.29 is 0 Å². The van der Waals surface area contributed by atoms with E-state index in [4.69, 9.17) is 11.6 Å². The van der Waals surface area contributed by atoms with Crippen LogP contribution in [0, 0.1) is 6.92 Å². The van der Waals surface area contributed by atoms with Crippen molar-refractivity contribution in [3.63, 3.8) is 0 Å². The molecular weight excluding hydrogens is 334 g/mol. The number of benzene rings is 1. The van der Waals surface area contributed by atoms with Crippen molar-refractivity contribution in [2.24, 2.45) is 0 Å². The maximum absolute atomic E-state index is 6.34. The van der Waals surface area contributed by atoms with Crippen molar-refractivity contribution in [2.45, 2.75) is 33.6 Å². The number of halogens is 1. The molecule has 6 heteroatoms. The van der Waals surface area contributed by atoms with E-state index in [2.05, 4.69) is 24.8 Å². The van der Waals surface area contributed by atoms with Gasteiger partial charge >= 0.3 is 0 Å². The van der Waals surface area contributed by atoms with Crippen LogP contribution in [0.15, 0.2) is 30.3 Å². The maximum Gasteiger partial charge on any atom is 0.184 e. The van der Waals surface area contributed by atoms with Gasteiger partial charge in [0.2, 0.25) is 0 Å². The summed E-state index contributed by atoms with van der Waals surface area (Å²) in [6.07, 6.45) is 2.32. The van der Waals surface area contributed by atoms with Gasteiger partial charge < -0.3 is 4.90 Å². The second-order valence-corrected chi connectivity index (χ2v) is 6.06.